The normalized spacial score (nSPS) is 10.4. The maximum atomic E-state index is 11.5. The SMILES string of the molecule is NC(=O)c1cccc(C=CCNC(=O)OCc2ccccc2)c1. The fraction of sp³-hybridized carbons (Fsp3) is 0.111. The number of nitrogens with one attached hydrogen (secondary N) is 1. The highest BCUT2D eigenvalue weighted by molar-refractivity contribution is 5.93. The van der Waals surface area contributed by atoms with Gasteiger partial charge in [0.15, 0.2) is 0 Å². The zero-order valence-electron chi connectivity index (χ0n) is 12.6. The maximum Gasteiger partial charge on any atom is 0.407 e. The molecule has 0 bridgehead atoms. The Morgan fingerprint density at radius 3 is 2.61 bits per heavy atom. The number of primary amides is 1. The summed E-state index contributed by atoms with van der Waals surface area (Å²) in [6, 6.07) is 16.4. The minimum absolute atomic E-state index is 0.233. The third kappa shape index (κ3) is 5.67. The maximum absolute atomic E-state index is 11.5. The van der Waals surface area contributed by atoms with Crippen LogP contribution in [0.3, 0.4) is 0 Å². The molecule has 0 aliphatic rings. The van der Waals surface area contributed by atoms with Crippen LogP contribution >= 0.6 is 0 Å². The number of carbonyl (C=O) groups is 2. The first kappa shape index (κ1) is 16.3. The van der Waals surface area contributed by atoms with Gasteiger partial charge in [-0.15, -0.1) is 0 Å². The summed E-state index contributed by atoms with van der Waals surface area (Å²) in [4.78, 5) is 22.6. The Hall–Kier alpha value is -3.08. The van der Waals surface area contributed by atoms with Gasteiger partial charge in [-0.3, -0.25) is 4.79 Å². The second-order valence-electron chi connectivity index (χ2n) is 4.83. The van der Waals surface area contributed by atoms with Gasteiger partial charge in [-0.25, -0.2) is 4.79 Å². The van der Waals surface area contributed by atoms with Gasteiger partial charge in [-0.2, -0.15) is 0 Å². The summed E-state index contributed by atoms with van der Waals surface area (Å²) in [7, 11) is 0. The van der Waals surface area contributed by atoms with Crippen molar-refractivity contribution in [3.05, 3.63) is 77.4 Å². The summed E-state index contributed by atoms with van der Waals surface area (Å²) in [5.41, 5.74) is 7.43. The quantitative estimate of drug-likeness (QED) is 0.860. The molecule has 0 fully saturated rings. The van der Waals surface area contributed by atoms with E-state index in [1.165, 1.54) is 0 Å². The van der Waals surface area contributed by atoms with Gasteiger partial charge in [-0.05, 0) is 23.3 Å². The van der Waals surface area contributed by atoms with Crippen LogP contribution in [0.2, 0.25) is 0 Å². The average Bonchev–Trinajstić information content (AvgIpc) is 2.58. The lowest BCUT2D eigenvalue weighted by Crippen LogP contribution is -2.24. The van der Waals surface area contributed by atoms with Gasteiger partial charge >= 0.3 is 6.09 Å². The number of ether oxygens (including phenoxy) is 1. The molecule has 5 nitrogen and oxygen atoms in total. The Bertz CT molecular complexity index is 696. The molecule has 118 valence electrons. The van der Waals surface area contributed by atoms with Crippen molar-refractivity contribution >= 4 is 18.1 Å². The van der Waals surface area contributed by atoms with Gasteiger partial charge in [0.1, 0.15) is 6.61 Å². The first-order chi connectivity index (χ1) is 11.1. The summed E-state index contributed by atoms with van der Waals surface area (Å²) >= 11 is 0. The summed E-state index contributed by atoms with van der Waals surface area (Å²) in [6.07, 6.45) is 3.08. The lowest BCUT2D eigenvalue weighted by atomic mass is 10.1. The van der Waals surface area contributed by atoms with Gasteiger partial charge < -0.3 is 15.8 Å². The molecule has 0 saturated heterocycles. The van der Waals surface area contributed by atoms with Crippen molar-refractivity contribution < 1.29 is 14.3 Å². The van der Waals surface area contributed by atoms with Crippen molar-refractivity contribution in [1.29, 1.82) is 0 Å². The van der Waals surface area contributed by atoms with Crippen LogP contribution < -0.4 is 11.1 Å². The second-order valence-corrected chi connectivity index (χ2v) is 4.83. The van der Waals surface area contributed by atoms with Crippen LogP contribution in [0.5, 0.6) is 0 Å². The van der Waals surface area contributed by atoms with Crippen LogP contribution in [0.1, 0.15) is 21.5 Å². The number of hydrogen-bond acceptors (Lipinski definition) is 3. The number of nitrogens with two attached hydrogens (primary N) is 1. The fourth-order valence-electron chi connectivity index (χ4n) is 1.91. The number of rotatable bonds is 6. The van der Waals surface area contributed by atoms with Crippen LogP contribution in [0.4, 0.5) is 4.79 Å². The highest BCUT2D eigenvalue weighted by atomic mass is 16.5. The average molecular weight is 310 g/mol. The van der Waals surface area contributed by atoms with E-state index in [2.05, 4.69) is 5.32 Å². The number of alkyl carbamates (subject to hydrolysis) is 1. The Labute approximate surface area is 134 Å². The van der Waals surface area contributed by atoms with Gasteiger partial charge in [-0.1, -0.05) is 54.6 Å². The van der Waals surface area contributed by atoms with Gasteiger partial charge in [0.05, 0.1) is 0 Å². The molecule has 2 aromatic carbocycles. The van der Waals surface area contributed by atoms with Gasteiger partial charge in [0.25, 0.3) is 0 Å². The number of hydrogen-bond donors (Lipinski definition) is 2. The van der Waals surface area contributed by atoms with Gasteiger partial charge in [0, 0.05) is 12.1 Å². The third-order valence-electron chi connectivity index (χ3n) is 3.06. The summed E-state index contributed by atoms with van der Waals surface area (Å²) in [6.45, 7) is 0.561. The molecule has 0 saturated carbocycles. The van der Waals surface area contributed by atoms with E-state index in [4.69, 9.17) is 10.5 Å². The monoisotopic (exact) mass is 310 g/mol. The summed E-state index contributed by atoms with van der Waals surface area (Å²) in [5.74, 6) is -0.470. The smallest absolute Gasteiger partial charge is 0.407 e. The molecule has 2 amide bonds. The molecule has 0 heterocycles. The highest BCUT2D eigenvalue weighted by Crippen LogP contribution is 2.06. The van der Waals surface area contributed by atoms with E-state index in [0.717, 1.165) is 11.1 Å². The molecule has 3 N–H and O–H groups in total. The fourth-order valence-corrected chi connectivity index (χ4v) is 1.91. The minimum atomic E-state index is -0.482. The molecule has 0 aliphatic carbocycles. The van der Waals surface area contributed by atoms with Crippen molar-refractivity contribution in [2.75, 3.05) is 6.54 Å². The Morgan fingerprint density at radius 1 is 1.09 bits per heavy atom. The highest BCUT2D eigenvalue weighted by Gasteiger charge is 2.01. The van der Waals surface area contributed by atoms with Crippen molar-refractivity contribution in [3.8, 4) is 0 Å². The summed E-state index contributed by atoms with van der Waals surface area (Å²) < 4.78 is 5.09. The Morgan fingerprint density at radius 2 is 1.87 bits per heavy atom. The van der Waals surface area contributed by atoms with Crippen molar-refractivity contribution in [3.63, 3.8) is 0 Å². The predicted molar refractivity (Wildman–Crippen MR) is 88.6 cm³/mol. The van der Waals surface area contributed by atoms with E-state index in [1.54, 1.807) is 30.4 Å². The molecule has 2 aromatic rings. The van der Waals surface area contributed by atoms with E-state index in [9.17, 15) is 9.59 Å². The molecule has 0 radical (unpaired) electrons. The van der Waals surface area contributed by atoms with Crippen LogP contribution in [-0.2, 0) is 11.3 Å². The predicted octanol–water partition coefficient (Wildman–Crippen LogP) is 2.73. The molecular formula is C18H18N2O3. The number of carbonyl (C=O) groups excluding carboxylic acids is 2. The largest absolute Gasteiger partial charge is 0.445 e. The lowest BCUT2D eigenvalue weighted by Gasteiger charge is -2.05. The molecule has 0 spiro atoms. The molecule has 0 aromatic heterocycles. The standard InChI is InChI=1S/C18H18N2O3/c19-17(21)16-10-4-8-14(12-16)9-5-11-20-18(22)23-13-15-6-2-1-3-7-15/h1-10,12H,11,13H2,(H2,19,21)(H,20,22). The first-order valence-electron chi connectivity index (χ1n) is 7.16. The number of benzene rings is 2. The summed E-state index contributed by atoms with van der Waals surface area (Å²) in [5, 5.41) is 2.62. The first-order valence-corrected chi connectivity index (χ1v) is 7.16. The lowest BCUT2D eigenvalue weighted by molar-refractivity contribution is 0.1000. The van der Waals surface area contributed by atoms with E-state index in [1.807, 2.05) is 36.4 Å². The van der Waals surface area contributed by atoms with E-state index in [0.29, 0.717) is 12.1 Å². The Kier molecular flexibility index (Phi) is 5.94. The van der Waals surface area contributed by atoms with Crippen molar-refractivity contribution in [1.82, 2.24) is 5.32 Å². The molecular weight excluding hydrogens is 292 g/mol. The van der Waals surface area contributed by atoms with E-state index < -0.39 is 12.0 Å². The minimum Gasteiger partial charge on any atom is -0.445 e. The van der Waals surface area contributed by atoms with Crippen LogP contribution in [0.25, 0.3) is 6.08 Å². The molecule has 23 heavy (non-hydrogen) atoms. The topological polar surface area (TPSA) is 81.4 Å². The molecule has 0 aliphatic heterocycles. The second kappa shape index (κ2) is 8.38. The molecule has 0 atom stereocenters. The van der Waals surface area contributed by atoms with Crippen LogP contribution in [0, 0.1) is 0 Å². The molecule has 5 heteroatoms. The van der Waals surface area contributed by atoms with Crippen molar-refractivity contribution in [2.45, 2.75) is 6.61 Å². The van der Waals surface area contributed by atoms with E-state index >= 15 is 0 Å². The third-order valence-corrected chi connectivity index (χ3v) is 3.06. The molecule has 0 unspecified atom stereocenters. The zero-order valence-corrected chi connectivity index (χ0v) is 12.6. The van der Waals surface area contributed by atoms with Crippen molar-refractivity contribution in [2.24, 2.45) is 5.73 Å². The van der Waals surface area contributed by atoms with Crippen LogP contribution in [0.15, 0.2) is 60.7 Å². The molecule has 2 rings (SSSR count). The number of amides is 2. The van der Waals surface area contributed by atoms with Crippen LogP contribution in [-0.4, -0.2) is 18.5 Å². The van der Waals surface area contributed by atoms with E-state index in [-0.39, 0.29) is 6.61 Å². The zero-order chi connectivity index (χ0) is 16.5. The Balaban J connectivity index is 1.74. The van der Waals surface area contributed by atoms with Gasteiger partial charge in [0.2, 0.25) is 5.91 Å².